The highest BCUT2D eigenvalue weighted by Crippen LogP contribution is 2.32. The van der Waals surface area contributed by atoms with Crippen molar-refractivity contribution < 1.29 is 5.11 Å². The third kappa shape index (κ3) is 2.38. The highest BCUT2D eigenvalue weighted by molar-refractivity contribution is 5.89. The Labute approximate surface area is 117 Å². The minimum atomic E-state index is 0.0644. The van der Waals surface area contributed by atoms with Gasteiger partial charge in [-0.2, -0.15) is 5.10 Å². The molecule has 3 aromatic rings. The van der Waals surface area contributed by atoms with Crippen molar-refractivity contribution >= 4 is 10.8 Å². The molecule has 0 aliphatic carbocycles. The van der Waals surface area contributed by atoms with Crippen LogP contribution in [0.3, 0.4) is 0 Å². The maximum absolute atomic E-state index is 10.4. The minimum Gasteiger partial charge on any atom is -0.507 e. The van der Waals surface area contributed by atoms with Crippen LogP contribution < -0.4 is 5.32 Å². The van der Waals surface area contributed by atoms with E-state index in [1.165, 1.54) is 0 Å². The minimum absolute atomic E-state index is 0.0644. The Morgan fingerprint density at radius 3 is 2.90 bits per heavy atom. The van der Waals surface area contributed by atoms with Crippen molar-refractivity contribution in [1.82, 2.24) is 15.5 Å². The first-order chi connectivity index (χ1) is 9.75. The van der Waals surface area contributed by atoms with E-state index in [2.05, 4.69) is 15.5 Å². The van der Waals surface area contributed by atoms with Gasteiger partial charge in [-0.15, -0.1) is 0 Å². The zero-order chi connectivity index (χ0) is 13.9. The molecule has 0 bridgehead atoms. The summed E-state index contributed by atoms with van der Waals surface area (Å²) in [5.41, 5.74) is 2.00. The number of benzene rings is 2. The highest BCUT2D eigenvalue weighted by atomic mass is 16.3. The Balaban J connectivity index is 1.84. The van der Waals surface area contributed by atoms with E-state index in [9.17, 15) is 5.11 Å². The van der Waals surface area contributed by atoms with Crippen LogP contribution >= 0.6 is 0 Å². The lowest BCUT2D eigenvalue weighted by molar-refractivity contribution is 0.458. The van der Waals surface area contributed by atoms with Crippen molar-refractivity contribution in [3.63, 3.8) is 0 Å². The molecule has 0 spiro atoms. The van der Waals surface area contributed by atoms with Gasteiger partial charge in [-0.3, -0.25) is 5.10 Å². The predicted octanol–water partition coefficient (Wildman–Crippen LogP) is 3.12. The van der Waals surface area contributed by atoms with Crippen LogP contribution in [0.4, 0.5) is 0 Å². The summed E-state index contributed by atoms with van der Waals surface area (Å²) in [6.45, 7) is 2.76. The summed E-state index contributed by atoms with van der Waals surface area (Å²) >= 11 is 0. The molecule has 0 amide bonds. The average molecular weight is 267 g/mol. The lowest BCUT2D eigenvalue weighted by Crippen LogP contribution is -2.17. The topological polar surface area (TPSA) is 60.9 Å². The fourth-order valence-corrected chi connectivity index (χ4v) is 2.38. The van der Waals surface area contributed by atoms with Crippen molar-refractivity contribution in [2.75, 3.05) is 0 Å². The third-order valence-corrected chi connectivity index (χ3v) is 3.57. The molecule has 3 rings (SSSR count). The quantitative estimate of drug-likeness (QED) is 0.680. The molecule has 0 aliphatic rings. The van der Waals surface area contributed by atoms with Crippen LogP contribution in [-0.4, -0.2) is 15.3 Å². The number of phenols is 1. The largest absolute Gasteiger partial charge is 0.507 e. The number of hydrogen-bond acceptors (Lipinski definition) is 3. The van der Waals surface area contributed by atoms with E-state index in [1.54, 1.807) is 6.20 Å². The second-order valence-corrected chi connectivity index (χ2v) is 4.93. The summed E-state index contributed by atoms with van der Waals surface area (Å²) in [7, 11) is 0. The number of fused-ring (bicyclic) bond motifs is 1. The summed E-state index contributed by atoms with van der Waals surface area (Å²) in [5.74, 6) is 0.357. The van der Waals surface area contributed by atoms with Gasteiger partial charge >= 0.3 is 0 Å². The first kappa shape index (κ1) is 12.7. The maximum Gasteiger partial charge on any atom is 0.128 e. The van der Waals surface area contributed by atoms with Gasteiger partial charge in [0, 0.05) is 35.3 Å². The van der Waals surface area contributed by atoms with Crippen LogP contribution in [0.1, 0.15) is 24.1 Å². The second kappa shape index (κ2) is 5.35. The average Bonchev–Trinajstić information content (AvgIpc) is 2.99. The van der Waals surface area contributed by atoms with E-state index in [1.807, 2.05) is 49.5 Å². The van der Waals surface area contributed by atoms with E-state index < -0.39 is 0 Å². The molecule has 0 radical (unpaired) electrons. The summed E-state index contributed by atoms with van der Waals surface area (Å²) in [6.07, 6.45) is 3.65. The van der Waals surface area contributed by atoms with Gasteiger partial charge in [-0.25, -0.2) is 0 Å². The van der Waals surface area contributed by atoms with Gasteiger partial charge in [0.15, 0.2) is 0 Å². The number of aromatic hydroxyl groups is 1. The Kier molecular flexibility index (Phi) is 3.39. The highest BCUT2D eigenvalue weighted by Gasteiger charge is 2.12. The lowest BCUT2D eigenvalue weighted by Gasteiger charge is -2.16. The fourth-order valence-electron chi connectivity index (χ4n) is 2.38. The van der Waals surface area contributed by atoms with Crippen LogP contribution in [0.25, 0.3) is 10.8 Å². The van der Waals surface area contributed by atoms with Crippen LogP contribution in [-0.2, 0) is 6.54 Å². The molecule has 4 heteroatoms. The van der Waals surface area contributed by atoms with Crippen LogP contribution in [0.2, 0.25) is 0 Å². The molecule has 0 fully saturated rings. The Bertz CT molecular complexity index is 707. The maximum atomic E-state index is 10.4. The number of phenolic OH excluding ortho intramolecular Hbond substituents is 1. The van der Waals surface area contributed by atoms with E-state index in [0.717, 1.165) is 21.9 Å². The first-order valence-electron chi connectivity index (χ1n) is 6.67. The molecule has 0 saturated heterocycles. The number of aromatic amines is 1. The van der Waals surface area contributed by atoms with E-state index in [0.29, 0.717) is 12.3 Å². The van der Waals surface area contributed by atoms with E-state index in [4.69, 9.17) is 0 Å². The predicted molar refractivity (Wildman–Crippen MR) is 79.5 cm³/mol. The zero-order valence-corrected chi connectivity index (χ0v) is 11.3. The molecule has 1 aromatic heterocycles. The smallest absolute Gasteiger partial charge is 0.128 e. The number of hydrogen-bond donors (Lipinski definition) is 3. The fraction of sp³-hybridized carbons (Fsp3) is 0.188. The van der Waals surface area contributed by atoms with Crippen molar-refractivity contribution in [2.45, 2.75) is 19.5 Å². The van der Waals surface area contributed by atoms with Gasteiger partial charge in [0.05, 0.1) is 6.20 Å². The number of nitrogens with zero attached hydrogens (tertiary/aromatic N) is 1. The van der Waals surface area contributed by atoms with Gasteiger partial charge in [-0.1, -0.05) is 36.4 Å². The van der Waals surface area contributed by atoms with Crippen molar-refractivity contribution in [1.29, 1.82) is 0 Å². The van der Waals surface area contributed by atoms with Crippen molar-refractivity contribution in [3.8, 4) is 5.75 Å². The molecule has 102 valence electrons. The third-order valence-electron chi connectivity index (χ3n) is 3.57. The molecular weight excluding hydrogens is 250 g/mol. The molecule has 4 nitrogen and oxygen atoms in total. The van der Waals surface area contributed by atoms with E-state index >= 15 is 0 Å². The van der Waals surface area contributed by atoms with Gasteiger partial charge in [0.1, 0.15) is 5.75 Å². The van der Waals surface area contributed by atoms with Crippen molar-refractivity contribution in [3.05, 3.63) is 59.9 Å². The number of rotatable bonds is 4. The number of aromatic nitrogens is 2. The van der Waals surface area contributed by atoms with Gasteiger partial charge in [0.2, 0.25) is 0 Å². The second-order valence-electron chi connectivity index (χ2n) is 4.93. The lowest BCUT2D eigenvalue weighted by atomic mass is 10.0. The molecule has 20 heavy (non-hydrogen) atoms. The SMILES string of the molecule is CC(NCc1cn[nH]c1)c1ccc2ccccc2c1O. The van der Waals surface area contributed by atoms with Crippen LogP contribution in [0.5, 0.6) is 5.75 Å². The monoisotopic (exact) mass is 267 g/mol. The summed E-state index contributed by atoms with van der Waals surface area (Å²) in [4.78, 5) is 0. The zero-order valence-electron chi connectivity index (χ0n) is 11.3. The van der Waals surface area contributed by atoms with Gasteiger partial charge in [0.25, 0.3) is 0 Å². The first-order valence-corrected chi connectivity index (χ1v) is 6.67. The standard InChI is InChI=1S/C16H17N3O/c1-11(17-8-12-9-18-19-10-12)14-7-6-13-4-2-3-5-15(13)16(14)20/h2-7,9-11,17,20H,8H2,1H3,(H,18,19). The number of nitrogens with one attached hydrogen (secondary N) is 2. The Morgan fingerprint density at radius 2 is 2.10 bits per heavy atom. The summed E-state index contributed by atoms with van der Waals surface area (Å²) in [6, 6.07) is 11.9. The molecule has 1 unspecified atom stereocenters. The summed E-state index contributed by atoms with van der Waals surface area (Å²) < 4.78 is 0. The number of H-pyrrole nitrogens is 1. The van der Waals surface area contributed by atoms with E-state index in [-0.39, 0.29) is 6.04 Å². The molecule has 1 atom stereocenters. The van der Waals surface area contributed by atoms with Crippen molar-refractivity contribution in [2.24, 2.45) is 0 Å². The van der Waals surface area contributed by atoms with Crippen LogP contribution in [0, 0.1) is 0 Å². The van der Waals surface area contributed by atoms with Crippen LogP contribution in [0.15, 0.2) is 48.8 Å². The molecule has 1 heterocycles. The molecule has 2 aromatic carbocycles. The summed E-state index contributed by atoms with van der Waals surface area (Å²) in [5, 5.41) is 22.5. The molecular formula is C16H17N3O. The van der Waals surface area contributed by atoms with Gasteiger partial charge in [-0.05, 0) is 12.3 Å². The molecule has 0 aliphatic heterocycles. The molecule has 3 N–H and O–H groups in total. The normalized spacial score (nSPS) is 12.7. The van der Waals surface area contributed by atoms with Gasteiger partial charge < -0.3 is 10.4 Å². The Morgan fingerprint density at radius 1 is 1.25 bits per heavy atom. The molecule has 0 saturated carbocycles. The Hall–Kier alpha value is -2.33.